The largest absolute Gasteiger partial charge is 0.497 e. The summed E-state index contributed by atoms with van der Waals surface area (Å²) in [6.07, 6.45) is 0.222. The van der Waals surface area contributed by atoms with Crippen LogP contribution in [0, 0.1) is 12.8 Å². The van der Waals surface area contributed by atoms with Crippen molar-refractivity contribution in [1.82, 2.24) is 10.3 Å². The Morgan fingerprint density at radius 2 is 2.33 bits per heavy atom. The van der Waals surface area contributed by atoms with Crippen LogP contribution in [-0.2, 0) is 16.1 Å². The summed E-state index contributed by atoms with van der Waals surface area (Å²) in [6.45, 7) is 2.71. The van der Waals surface area contributed by atoms with E-state index in [1.807, 2.05) is 30.5 Å². The molecule has 1 N–H and O–H groups in total. The highest BCUT2D eigenvalue weighted by atomic mass is 32.1. The van der Waals surface area contributed by atoms with Crippen molar-refractivity contribution in [2.24, 2.45) is 5.92 Å². The first-order chi connectivity index (χ1) is 11.6. The molecular weight excluding hydrogens is 326 g/mol. The smallest absolute Gasteiger partial charge is 0.227 e. The van der Waals surface area contributed by atoms with Crippen molar-refractivity contribution in [3.63, 3.8) is 0 Å². The summed E-state index contributed by atoms with van der Waals surface area (Å²) >= 11 is 1.52. The quantitative estimate of drug-likeness (QED) is 0.901. The number of thiazole rings is 1. The Bertz CT molecular complexity index is 759. The number of benzene rings is 1. The Morgan fingerprint density at radius 1 is 1.50 bits per heavy atom. The molecule has 24 heavy (non-hydrogen) atoms. The molecule has 2 aromatic rings. The van der Waals surface area contributed by atoms with Crippen LogP contribution in [0.2, 0.25) is 0 Å². The summed E-state index contributed by atoms with van der Waals surface area (Å²) in [4.78, 5) is 30.6. The molecule has 1 aromatic heterocycles. The van der Waals surface area contributed by atoms with Gasteiger partial charge in [0, 0.05) is 35.8 Å². The minimum Gasteiger partial charge on any atom is -0.497 e. The molecule has 0 aliphatic carbocycles. The first-order valence-electron chi connectivity index (χ1n) is 7.70. The maximum atomic E-state index is 12.3. The molecule has 0 spiro atoms. The number of carbonyl (C=O) groups is 2. The van der Waals surface area contributed by atoms with Crippen molar-refractivity contribution >= 4 is 28.8 Å². The fraction of sp³-hybridized carbons (Fsp3) is 0.353. The summed E-state index contributed by atoms with van der Waals surface area (Å²) in [5.74, 6) is 0.187. The number of nitrogens with zero attached hydrogens (tertiary/aromatic N) is 2. The number of methoxy groups -OCH3 is 1. The van der Waals surface area contributed by atoms with Crippen LogP contribution in [0.5, 0.6) is 5.75 Å². The molecule has 2 amide bonds. The number of hydrogen-bond donors (Lipinski definition) is 1. The molecule has 0 unspecified atom stereocenters. The number of rotatable bonds is 5. The summed E-state index contributed by atoms with van der Waals surface area (Å²) in [5.41, 5.74) is 1.70. The third-order valence-electron chi connectivity index (χ3n) is 3.94. The van der Waals surface area contributed by atoms with E-state index in [4.69, 9.17) is 4.74 Å². The van der Waals surface area contributed by atoms with Gasteiger partial charge in [0.1, 0.15) is 10.8 Å². The lowest BCUT2D eigenvalue weighted by Gasteiger charge is -2.17. The Kier molecular flexibility index (Phi) is 4.80. The van der Waals surface area contributed by atoms with Crippen LogP contribution in [0.4, 0.5) is 5.69 Å². The standard InChI is InChI=1S/C17H19N3O3S/c1-11-10-24-15(19-11)8-18-17(22)12-6-16(21)20(9-12)13-4-3-5-14(7-13)23-2/h3-5,7,10,12H,6,8-9H2,1-2H3,(H,18,22)/t12-/m0/s1. The van der Waals surface area contributed by atoms with Crippen LogP contribution in [0.25, 0.3) is 0 Å². The second-order valence-electron chi connectivity index (χ2n) is 5.71. The van der Waals surface area contributed by atoms with Gasteiger partial charge in [0.05, 0.1) is 19.6 Å². The predicted octanol–water partition coefficient (Wildman–Crippen LogP) is 2.13. The van der Waals surface area contributed by atoms with Gasteiger partial charge in [0.2, 0.25) is 11.8 Å². The van der Waals surface area contributed by atoms with Crippen molar-refractivity contribution in [3.8, 4) is 5.75 Å². The van der Waals surface area contributed by atoms with E-state index in [0.29, 0.717) is 18.8 Å². The van der Waals surface area contributed by atoms with Gasteiger partial charge in [-0.25, -0.2) is 4.98 Å². The molecule has 1 aromatic carbocycles. The number of anilines is 1. The van der Waals surface area contributed by atoms with E-state index in [1.165, 1.54) is 11.3 Å². The van der Waals surface area contributed by atoms with E-state index in [9.17, 15) is 9.59 Å². The lowest BCUT2D eigenvalue weighted by atomic mass is 10.1. The van der Waals surface area contributed by atoms with Gasteiger partial charge >= 0.3 is 0 Å². The molecule has 0 saturated carbocycles. The van der Waals surface area contributed by atoms with Gasteiger partial charge in [0.15, 0.2) is 0 Å². The van der Waals surface area contributed by atoms with E-state index >= 15 is 0 Å². The fourth-order valence-electron chi connectivity index (χ4n) is 2.70. The number of carbonyl (C=O) groups excluding carboxylic acids is 2. The maximum Gasteiger partial charge on any atom is 0.227 e. The van der Waals surface area contributed by atoms with Crippen LogP contribution in [-0.4, -0.2) is 30.5 Å². The van der Waals surface area contributed by atoms with Crippen LogP contribution in [0.1, 0.15) is 17.1 Å². The predicted molar refractivity (Wildman–Crippen MR) is 92.2 cm³/mol. The van der Waals surface area contributed by atoms with Gasteiger partial charge in [-0.1, -0.05) is 6.07 Å². The zero-order valence-electron chi connectivity index (χ0n) is 13.6. The normalized spacial score (nSPS) is 17.2. The molecule has 126 valence electrons. The molecule has 7 heteroatoms. The number of aryl methyl sites for hydroxylation is 1. The summed E-state index contributed by atoms with van der Waals surface area (Å²) in [7, 11) is 1.58. The second kappa shape index (κ2) is 7.00. The minimum absolute atomic E-state index is 0.0477. The molecule has 1 atom stereocenters. The Balaban J connectivity index is 1.62. The van der Waals surface area contributed by atoms with Crippen molar-refractivity contribution in [2.45, 2.75) is 19.9 Å². The number of amides is 2. The highest BCUT2D eigenvalue weighted by molar-refractivity contribution is 7.09. The van der Waals surface area contributed by atoms with E-state index < -0.39 is 0 Å². The van der Waals surface area contributed by atoms with Crippen molar-refractivity contribution in [3.05, 3.63) is 40.3 Å². The average molecular weight is 345 g/mol. The van der Waals surface area contributed by atoms with Gasteiger partial charge in [0.25, 0.3) is 0 Å². The van der Waals surface area contributed by atoms with Crippen molar-refractivity contribution in [2.75, 3.05) is 18.6 Å². The molecule has 6 nitrogen and oxygen atoms in total. The third kappa shape index (κ3) is 3.56. The van der Waals surface area contributed by atoms with E-state index in [-0.39, 0.29) is 24.2 Å². The molecule has 3 rings (SSSR count). The van der Waals surface area contributed by atoms with E-state index in [1.54, 1.807) is 18.1 Å². The Morgan fingerprint density at radius 3 is 3.04 bits per heavy atom. The second-order valence-corrected chi connectivity index (χ2v) is 6.65. The Hall–Kier alpha value is -2.41. The SMILES string of the molecule is COc1cccc(N2C[C@@H](C(=O)NCc3nc(C)cs3)CC2=O)c1. The molecule has 1 aliphatic heterocycles. The number of ether oxygens (including phenoxy) is 1. The van der Waals surface area contributed by atoms with Gasteiger partial charge < -0.3 is 15.0 Å². The molecule has 2 heterocycles. The number of aromatic nitrogens is 1. The van der Waals surface area contributed by atoms with Gasteiger partial charge in [-0.2, -0.15) is 0 Å². The highest BCUT2D eigenvalue weighted by Crippen LogP contribution is 2.28. The maximum absolute atomic E-state index is 12.3. The first-order valence-corrected chi connectivity index (χ1v) is 8.58. The monoisotopic (exact) mass is 345 g/mol. The topological polar surface area (TPSA) is 71.5 Å². The van der Waals surface area contributed by atoms with Gasteiger partial charge in [-0.3, -0.25) is 9.59 Å². The van der Waals surface area contributed by atoms with E-state index in [0.717, 1.165) is 16.4 Å². The van der Waals surface area contributed by atoms with Crippen molar-refractivity contribution in [1.29, 1.82) is 0 Å². The average Bonchev–Trinajstić information content (AvgIpc) is 3.18. The zero-order chi connectivity index (χ0) is 17.1. The molecule has 1 fully saturated rings. The fourth-order valence-corrected chi connectivity index (χ4v) is 3.41. The lowest BCUT2D eigenvalue weighted by molar-refractivity contribution is -0.126. The van der Waals surface area contributed by atoms with E-state index in [2.05, 4.69) is 10.3 Å². The molecule has 0 radical (unpaired) electrons. The summed E-state index contributed by atoms with van der Waals surface area (Å²) < 4.78 is 5.19. The molecule has 1 saturated heterocycles. The number of hydrogen-bond acceptors (Lipinski definition) is 5. The first kappa shape index (κ1) is 16.4. The van der Waals surface area contributed by atoms with Crippen LogP contribution >= 0.6 is 11.3 Å². The summed E-state index contributed by atoms with van der Waals surface area (Å²) in [6, 6.07) is 7.31. The van der Waals surface area contributed by atoms with Crippen LogP contribution in [0.15, 0.2) is 29.6 Å². The zero-order valence-corrected chi connectivity index (χ0v) is 14.4. The minimum atomic E-state index is -0.343. The van der Waals surface area contributed by atoms with Gasteiger partial charge in [-0.15, -0.1) is 11.3 Å². The molecular formula is C17H19N3O3S. The van der Waals surface area contributed by atoms with Crippen molar-refractivity contribution < 1.29 is 14.3 Å². The van der Waals surface area contributed by atoms with Gasteiger partial charge in [-0.05, 0) is 19.1 Å². The van der Waals surface area contributed by atoms with Crippen LogP contribution < -0.4 is 15.0 Å². The highest BCUT2D eigenvalue weighted by Gasteiger charge is 2.35. The third-order valence-corrected chi connectivity index (χ3v) is 4.91. The Labute approximate surface area is 144 Å². The molecule has 0 bridgehead atoms. The lowest BCUT2D eigenvalue weighted by Crippen LogP contribution is -2.32. The number of nitrogens with one attached hydrogen (secondary N) is 1. The summed E-state index contributed by atoms with van der Waals surface area (Å²) in [5, 5.41) is 5.69. The molecule has 1 aliphatic rings. The van der Waals surface area contributed by atoms with Crippen LogP contribution in [0.3, 0.4) is 0 Å².